The minimum Gasteiger partial charge on any atom is -0.870 e. The summed E-state index contributed by atoms with van der Waals surface area (Å²) in [6.45, 7) is 0. The Balaban J connectivity index is -0.00000000800. The fraction of sp³-hybridized carbons (Fsp3) is 0. The first kappa shape index (κ1) is 51.9. The summed E-state index contributed by atoms with van der Waals surface area (Å²) in [7, 11) is 0. The van der Waals surface area contributed by atoms with Crippen LogP contribution >= 0.6 is 0 Å². The van der Waals surface area contributed by atoms with Crippen LogP contribution in [0.4, 0.5) is 9.59 Å². The predicted octanol–water partition coefficient (Wildman–Crippen LogP) is -5.26. The summed E-state index contributed by atoms with van der Waals surface area (Å²) in [4.78, 5) is 16.7. The Morgan fingerprint density at radius 1 is 0.615 bits per heavy atom. The smallest absolute Gasteiger partial charge is 0.870 e. The van der Waals surface area contributed by atoms with Crippen LogP contribution < -0.4 is 20.4 Å². The van der Waals surface area contributed by atoms with Crippen molar-refractivity contribution >= 4 is 12.3 Å². The molecule has 0 saturated carbocycles. The Labute approximate surface area is 104 Å². The molecule has 0 bridgehead atoms. The van der Waals surface area contributed by atoms with Gasteiger partial charge in [-0.05, 0) is 12.3 Å². The molecule has 0 rings (SSSR count). The van der Waals surface area contributed by atoms with Crippen molar-refractivity contribution in [2.75, 3.05) is 0 Å². The van der Waals surface area contributed by atoms with Gasteiger partial charge in [-0.15, -0.1) is 0 Å². The van der Waals surface area contributed by atoms with Gasteiger partial charge in [-0.25, -0.2) is 0 Å². The van der Waals surface area contributed by atoms with Gasteiger partial charge in [0.1, 0.15) is 0 Å². The van der Waals surface area contributed by atoms with Crippen molar-refractivity contribution in [1.82, 2.24) is 0 Å². The van der Waals surface area contributed by atoms with Crippen LogP contribution in [0.5, 0.6) is 0 Å². The third kappa shape index (κ3) is 3550000. The fourth-order valence-electron chi connectivity index (χ4n) is 0. The van der Waals surface area contributed by atoms with Gasteiger partial charge in [0.2, 0.25) is 0 Å². The van der Waals surface area contributed by atoms with Crippen LogP contribution in [-0.2, 0) is 51.2 Å². The molecule has 0 aromatic rings. The second kappa shape index (κ2) is 40.3. The summed E-state index contributed by atoms with van der Waals surface area (Å²) in [5.74, 6) is 0. The molecule has 0 unspecified atom stereocenters. The first-order chi connectivity index (χ1) is 3.46. The van der Waals surface area contributed by atoms with Gasteiger partial charge in [-0.2, -0.15) is 0 Å². The Hall–Kier alpha value is 0.0184. The van der Waals surface area contributed by atoms with Crippen LogP contribution in [0.1, 0.15) is 0 Å². The van der Waals surface area contributed by atoms with E-state index < -0.39 is 12.3 Å². The van der Waals surface area contributed by atoms with Crippen LogP contribution in [-0.4, -0.2) is 23.3 Å². The van der Waals surface area contributed by atoms with E-state index in [2.05, 4.69) is 0 Å². The standard InChI is InChI=1S/2CH2O3.3Fe.2H2O/c2*2-1(3)4;;;;;/h2*(H2,2,3,4);;;;2*1H2/q;;3*+2;;/p-6. The molecule has 0 saturated heterocycles. The van der Waals surface area contributed by atoms with Crippen LogP contribution in [0.2, 0.25) is 0 Å². The molecule has 0 spiro atoms. The average molecular weight is 322 g/mol. The van der Waals surface area contributed by atoms with E-state index in [9.17, 15) is 0 Å². The third-order valence-corrected chi connectivity index (χ3v) is 0. The zero-order valence-corrected chi connectivity index (χ0v) is 8.72. The third-order valence-electron chi connectivity index (χ3n) is 0. The molecule has 0 atom stereocenters. The maximum atomic E-state index is 8.33. The van der Waals surface area contributed by atoms with E-state index in [0.29, 0.717) is 0 Å². The Morgan fingerprint density at radius 2 is 0.615 bits per heavy atom. The normalized spacial score (nSPS) is 3.69. The van der Waals surface area contributed by atoms with Gasteiger partial charge in [-0.1, -0.05) is 0 Å². The molecule has 0 aliphatic carbocycles. The Kier molecular flexibility index (Phi) is 161. The number of carboxylic acid groups (broad SMARTS) is 4. The Morgan fingerprint density at radius 3 is 0.615 bits per heavy atom. The molecule has 13 heavy (non-hydrogen) atoms. The largest absolute Gasteiger partial charge is 2.00 e. The van der Waals surface area contributed by atoms with Gasteiger partial charge in [0.25, 0.3) is 0 Å². The van der Waals surface area contributed by atoms with E-state index in [1.54, 1.807) is 0 Å². The van der Waals surface area contributed by atoms with E-state index in [4.69, 9.17) is 30.0 Å². The van der Waals surface area contributed by atoms with Crippen molar-refractivity contribution < 1.29 is 92.2 Å². The fourth-order valence-corrected chi connectivity index (χ4v) is 0. The molecule has 0 amide bonds. The van der Waals surface area contributed by atoms with E-state index >= 15 is 0 Å². The SMILES string of the molecule is O=C([O-])[O-].O=C([O-])[O-].[Fe+2].[Fe+2].[Fe+2].[OH-].[OH-]. The number of hydrogen-bond donors (Lipinski definition) is 0. The second-order valence-electron chi connectivity index (χ2n) is 0.500. The van der Waals surface area contributed by atoms with Gasteiger partial charge in [0, 0.05) is 0 Å². The van der Waals surface area contributed by atoms with Gasteiger partial charge in [0.15, 0.2) is 0 Å². The molecule has 82 valence electrons. The van der Waals surface area contributed by atoms with E-state index in [1.807, 2.05) is 0 Å². The first-order valence-electron chi connectivity index (χ1n) is 1.22. The summed E-state index contributed by atoms with van der Waals surface area (Å²) in [6.07, 6.45) is -4.67. The molecule has 0 fully saturated rings. The molecular formula is C2H2Fe3O8. The van der Waals surface area contributed by atoms with Gasteiger partial charge in [0.05, 0.1) is 0 Å². The number of rotatable bonds is 0. The summed E-state index contributed by atoms with van der Waals surface area (Å²) in [5.41, 5.74) is 0. The van der Waals surface area contributed by atoms with Gasteiger partial charge >= 0.3 is 51.2 Å². The average Bonchev–Trinajstić information content (AvgIpc) is 1.25. The van der Waals surface area contributed by atoms with Crippen LogP contribution in [0.15, 0.2) is 0 Å². The number of hydrogen-bond acceptors (Lipinski definition) is 8. The summed E-state index contributed by atoms with van der Waals surface area (Å²) >= 11 is 0. The van der Waals surface area contributed by atoms with Crippen molar-refractivity contribution in [2.45, 2.75) is 0 Å². The van der Waals surface area contributed by atoms with Crippen molar-refractivity contribution in [1.29, 1.82) is 0 Å². The molecule has 0 radical (unpaired) electrons. The van der Waals surface area contributed by atoms with Gasteiger partial charge < -0.3 is 41.0 Å². The predicted molar refractivity (Wildman–Crippen MR) is 14.7 cm³/mol. The van der Waals surface area contributed by atoms with Crippen molar-refractivity contribution in [3.63, 3.8) is 0 Å². The Bertz CT molecular complexity index is 75.4. The molecule has 2 N–H and O–H groups in total. The zero-order valence-electron chi connectivity index (χ0n) is 5.40. The molecule has 11 heteroatoms. The number of carbonyl (C=O) groups is 2. The quantitative estimate of drug-likeness (QED) is 0.395. The van der Waals surface area contributed by atoms with E-state index in [0.717, 1.165) is 0 Å². The monoisotopic (exact) mass is 322 g/mol. The molecule has 0 aromatic heterocycles. The van der Waals surface area contributed by atoms with E-state index in [1.165, 1.54) is 0 Å². The molecule has 0 aromatic carbocycles. The van der Waals surface area contributed by atoms with Crippen molar-refractivity contribution in [2.24, 2.45) is 0 Å². The minimum atomic E-state index is -2.33. The van der Waals surface area contributed by atoms with Crippen LogP contribution in [0, 0.1) is 0 Å². The second-order valence-corrected chi connectivity index (χ2v) is 0.500. The van der Waals surface area contributed by atoms with Crippen LogP contribution in [0.3, 0.4) is 0 Å². The van der Waals surface area contributed by atoms with Crippen molar-refractivity contribution in [3.8, 4) is 0 Å². The molecule has 0 aliphatic heterocycles. The number of carbonyl (C=O) groups excluding carboxylic acids is 2. The molecule has 0 heterocycles. The van der Waals surface area contributed by atoms with E-state index in [-0.39, 0.29) is 62.2 Å². The van der Waals surface area contributed by atoms with Crippen LogP contribution in [0.25, 0.3) is 0 Å². The maximum Gasteiger partial charge on any atom is 2.00 e. The van der Waals surface area contributed by atoms with Gasteiger partial charge in [-0.3, -0.25) is 0 Å². The summed E-state index contributed by atoms with van der Waals surface area (Å²) in [5, 5.41) is 33.3. The summed E-state index contributed by atoms with van der Waals surface area (Å²) < 4.78 is 0. The first-order valence-corrected chi connectivity index (χ1v) is 1.22. The van der Waals surface area contributed by atoms with Crippen molar-refractivity contribution in [3.05, 3.63) is 0 Å². The molecule has 8 nitrogen and oxygen atoms in total. The molecule has 0 aliphatic rings. The molecular weight excluding hydrogens is 320 g/mol. The topological polar surface area (TPSA) is 186 Å². The zero-order chi connectivity index (χ0) is 7.15. The maximum absolute atomic E-state index is 8.33. The summed E-state index contributed by atoms with van der Waals surface area (Å²) in [6, 6.07) is 0. The minimum absolute atomic E-state index is 0.